The van der Waals surface area contributed by atoms with Crippen molar-refractivity contribution in [2.24, 2.45) is 5.92 Å². The average molecular weight is 474 g/mol. The number of hydrogen-bond donors (Lipinski definition) is 1. The number of carbonyl (C=O) groups excluding carboxylic acids is 1. The second-order valence-electron chi connectivity index (χ2n) is 8.14. The van der Waals surface area contributed by atoms with Gasteiger partial charge in [0.05, 0.1) is 0 Å². The molecule has 7 nitrogen and oxygen atoms in total. The summed E-state index contributed by atoms with van der Waals surface area (Å²) in [4.78, 5) is 27.7. The highest BCUT2D eigenvalue weighted by molar-refractivity contribution is 7.94. The van der Waals surface area contributed by atoms with Crippen LogP contribution in [-0.2, 0) is 16.6 Å². The molecule has 1 aromatic carbocycles. The van der Waals surface area contributed by atoms with E-state index in [2.05, 4.69) is 4.72 Å². The number of nitrogens with zero attached hydrogens (tertiary/aromatic N) is 2. The highest BCUT2D eigenvalue weighted by Crippen LogP contribution is 2.36. The smallest absolute Gasteiger partial charge is 0.275 e. The quantitative estimate of drug-likeness (QED) is 0.631. The molecule has 2 aliphatic rings. The number of hydrogen-bond acceptors (Lipinski definition) is 5. The molecule has 3 aromatic rings. The molecule has 1 amide bonds. The van der Waals surface area contributed by atoms with Gasteiger partial charge in [-0.1, -0.05) is 6.07 Å². The zero-order valence-corrected chi connectivity index (χ0v) is 18.5. The predicted octanol–water partition coefficient (Wildman–Crippen LogP) is 3.11. The van der Waals surface area contributed by atoms with E-state index in [4.69, 9.17) is 0 Å². The summed E-state index contributed by atoms with van der Waals surface area (Å²) in [5.41, 5.74) is 0.862. The molecule has 4 heterocycles. The lowest BCUT2D eigenvalue weighted by Gasteiger charge is -2.43. The van der Waals surface area contributed by atoms with Gasteiger partial charge in [-0.15, -0.1) is 11.3 Å². The predicted molar refractivity (Wildman–Crippen MR) is 119 cm³/mol. The molecular weight excluding hydrogens is 453 g/mol. The number of fused-ring (bicyclic) bond motifs is 4. The summed E-state index contributed by atoms with van der Waals surface area (Å²) in [6, 6.07) is 11.9. The molecule has 1 fully saturated rings. The summed E-state index contributed by atoms with van der Waals surface area (Å²) < 4.78 is 42.5. The molecule has 2 bridgehead atoms. The van der Waals surface area contributed by atoms with E-state index in [1.54, 1.807) is 27.0 Å². The van der Waals surface area contributed by atoms with Gasteiger partial charge in [-0.2, -0.15) is 0 Å². The third-order valence-corrected chi connectivity index (χ3v) is 8.75. The van der Waals surface area contributed by atoms with E-state index in [1.165, 1.54) is 36.4 Å². The molecule has 2 aromatic heterocycles. The Bertz CT molecular complexity index is 1330. The topological polar surface area (TPSA) is 88.5 Å². The number of carbonyl (C=O) groups is 1. The zero-order valence-electron chi connectivity index (χ0n) is 16.9. The van der Waals surface area contributed by atoms with Crippen molar-refractivity contribution in [3.05, 3.63) is 81.3 Å². The monoisotopic (exact) mass is 473 g/mol. The Labute approximate surface area is 188 Å². The van der Waals surface area contributed by atoms with E-state index < -0.39 is 15.8 Å². The zero-order chi connectivity index (χ0) is 22.5. The van der Waals surface area contributed by atoms with E-state index >= 15 is 0 Å². The number of piperidine rings is 1. The molecule has 5 rings (SSSR count). The molecule has 10 heteroatoms. The highest BCUT2D eigenvalue weighted by Gasteiger charge is 2.37. The highest BCUT2D eigenvalue weighted by atomic mass is 32.2. The summed E-state index contributed by atoms with van der Waals surface area (Å²) in [5.74, 6) is -0.498. The average Bonchev–Trinajstić information content (AvgIpc) is 3.32. The third-order valence-electron chi connectivity index (χ3n) is 5.99. The first kappa shape index (κ1) is 20.9. The van der Waals surface area contributed by atoms with Crippen molar-refractivity contribution in [3.63, 3.8) is 0 Å². The molecule has 1 N–H and O–H groups in total. The van der Waals surface area contributed by atoms with Gasteiger partial charge in [0.15, 0.2) is 0 Å². The Morgan fingerprint density at radius 3 is 2.56 bits per heavy atom. The van der Waals surface area contributed by atoms with Crippen molar-refractivity contribution in [2.75, 3.05) is 17.8 Å². The maximum atomic E-state index is 13.2. The van der Waals surface area contributed by atoms with Crippen molar-refractivity contribution >= 4 is 33.0 Å². The third kappa shape index (κ3) is 3.73. The standard InChI is InChI=1S/C22H20FN3O4S2/c23-17-5-3-15(4-6-17)21(27)25-11-14-10-16(13-25)19-8-7-18(22(28)26(19)12-14)24-32(29,30)20-2-1-9-31-20/h1-9,14,16,24H,10-13H2/t14-,16+/m0/s1. The molecule has 2 aliphatic heterocycles. The van der Waals surface area contributed by atoms with Gasteiger partial charge in [-0.3, -0.25) is 14.3 Å². The number of aromatic nitrogens is 1. The fraction of sp³-hybridized carbons (Fsp3) is 0.273. The maximum Gasteiger partial charge on any atom is 0.275 e. The van der Waals surface area contributed by atoms with Crippen LogP contribution in [0.5, 0.6) is 0 Å². The SMILES string of the molecule is O=C(c1ccc(F)cc1)N1C[C@@H]2C[C@H](C1)c1ccc(NS(=O)(=O)c3cccs3)c(=O)n1C2. The fourth-order valence-corrected chi connectivity index (χ4v) is 6.63. The first-order valence-electron chi connectivity index (χ1n) is 10.2. The summed E-state index contributed by atoms with van der Waals surface area (Å²) in [7, 11) is -3.82. The molecule has 2 atom stereocenters. The van der Waals surface area contributed by atoms with Crippen LogP contribution in [0.2, 0.25) is 0 Å². The lowest BCUT2D eigenvalue weighted by atomic mass is 9.83. The van der Waals surface area contributed by atoms with Crippen molar-refractivity contribution in [1.29, 1.82) is 0 Å². The lowest BCUT2D eigenvalue weighted by molar-refractivity contribution is 0.0594. The molecule has 0 saturated carbocycles. The number of pyridine rings is 1. The van der Waals surface area contributed by atoms with Gasteiger partial charge in [-0.05, 0) is 60.2 Å². The van der Waals surface area contributed by atoms with Gasteiger partial charge < -0.3 is 9.47 Å². The number of sulfonamides is 1. The molecule has 0 radical (unpaired) electrons. The van der Waals surface area contributed by atoms with Crippen LogP contribution < -0.4 is 10.3 Å². The largest absolute Gasteiger partial charge is 0.338 e. The van der Waals surface area contributed by atoms with E-state index in [0.29, 0.717) is 25.2 Å². The summed E-state index contributed by atoms with van der Waals surface area (Å²) in [5, 5.41) is 1.66. The number of benzene rings is 1. The van der Waals surface area contributed by atoms with E-state index in [1.807, 2.05) is 0 Å². The molecule has 0 aliphatic carbocycles. The van der Waals surface area contributed by atoms with Crippen LogP contribution in [-0.4, -0.2) is 36.9 Å². The summed E-state index contributed by atoms with van der Waals surface area (Å²) >= 11 is 1.08. The molecule has 166 valence electrons. The number of nitrogens with one attached hydrogen (secondary N) is 1. The summed E-state index contributed by atoms with van der Waals surface area (Å²) in [6.45, 7) is 1.35. The second kappa shape index (κ2) is 7.86. The minimum absolute atomic E-state index is 0.0152. The van der Waals surface area contributed by atoms with Gasteiger partial charge in [0.1, 0.15) is 15.7 Å². The Balaban J connectivity index is 1.41. The van der Waals surface area contributed by atoms with Crippen LogP contribution in [0.1, 0.15) is 28.4 Å². The minimum atomic E-state index is -3.82. The Hall–Kier alpha value is -2.98. The normalized spacial score (nSPS) is 20.0. The van der Waals surface area contributed by atoms with Crippen molar-refractivity contribution < 1.29 is 17.6 Å². The molecule has 32 heavy (non-hydrogen) atoms. The van der Waals surface area contributed by atoms with Gasteiger partial charge in [0.25, 0.3) is 21.5 Å². The van der Waals surface area contributed by atoms with Gasteiger partial charge in [0.2, 0.25) is 0 Å². The number of anilines is 1. The van der Waals surface area contributed by atoms with E-state index in [0.717, 1.165) is 23.5 Å². The van der Waals surface area contributed by atoms with Crippen LogP contribution >= 0.6 is 11.3 Å². The molecule has 1 saturated heterocycles. The van der Waals surface area contributed by atoms with Crippen LogP contribution in [0.3, 0.4) is 0 Å². The number of likely N-dealkylation sites (tertiary alicyclic amines) is 1. The molecule has 0 spiro atoms. The lowest BCUT2D eigenvalue weighted by Crippen LogP contribution is -2.49. The number of halogens is 1. The van der Waals surface area contributed by atoms with Crippen molar-refractivity contribution in [2.45, 2.75) is 23.1 Å². The molecule has 0 unspecified atom stereocenters. The fourth-order valence-electron chi connectivity index (χ4n) is 4.58. The van der Waals surface area contributed by atoms with Gasteiger partial charge in [0, 0.05) is 36.8 Å². The van der Waals surface area contributed by atoms with Crippen molar-refractivity contribution in [3.8, 4) is 0 Å². The van der Waals surface area contributed by atoms with Crippen LogP contribution in [0, 0.1) is 11.7 Å². The van der Waals surface area contributed by atoms with Crippen LogP contribution in [0.15, 0.2) is 62.9 Å². The van der Waals surface area contributed by atoms with Crippen LogP contribution in [0.4, 0.5) is 10.1 Å². The van der Waals surface area contributed by atoms with E-state index in [9.17, 15) is 22.4 Å². The van der Waals surface area contributed by atoms with Crippen molar-refractivity contribution in [1.82, 2.24) is 9.47 Å². The number of rotatable bonds is 4. The Morgan fingerprint density at radius 1 is 1.06 bits per heavy atom. The van der Waals surface area contributed by atoms with Gasteiger partial charge in [-0.25, -0.2) is 12.8 Å². The number of thiophene rings is 1. The number of amides is 1. The van der Waals surface area contributed by atoms with Gasteiger partial charge >= 0.3 is 0 Å². The summed E-state index contributed by atoms with van der Waals surface area (Å²) in [6.07, 6.45) is 0.854. The first-order chi connectivity index (χ1) is 15.3. The van der Waals surface area contributed by atoms with Crippen LogP contribution in [0.25, 0.3) is 0 Å². The maximum absolute atomic E-state index is 13.2. The second-order valence-corrected chi connectivity index (χ2v) is 11.0. The van der Waals surface area contributed by atoms with E-state index in [-0.39, 0.29) is 33.2 Å². The molecular formula is C22H20FN3O4S2. The first-order valence-corrected chi connectivity index (χ1v) is 12.5. The Kier molecular flexibility index (Phi) is 5.13. The Morgan fingerprint density at radius 2 is 1.84 bits per heavy atom. The minimum Gasteiger partial charge on any atom is -0.338 e.